The molecule has 2 atom stereocenters. The number of fused-ring (bicyclic) bond motifs is 1. The first-order chi connectivity index (χ1) is 10.6. The van der Waals surface area contributed by atoms with Crippen molar-refractivity contribution in [2.24, 2.45) is 5.92 Å². The van der Waals surface area contributed by atoms with Crippen molar-refractivity contribution in [3.8, 4) is 0 Å². The highest BCUT2D eigenvalue weighted by atomic mass is 32.1. The van der Waals surface area contributed by atoms with Crippen LogP contribution in [0.4, 0.5) is 0 Å². The zero-order valence-corrected chi connectivity index (χ0v) is 14.5. The number of rotatable bonds is 2. The summed E-state index contributed by atoms with van der Waals surface area (Å²) >= 11 is 6.89. The number of aryl methyl sites for hydroxylation is 2. The highest BCUT2D eigenvalue weighted by Crippen LogP contribution is 2.30. The van der Waals surface area contributed by atoms with Crippen LogP contribution in [0.15, 0.2) is 6.07 Å². The fourth-order valence-electron chi connectivity index (χ4n) is 3.35. The van der Waals surface area contributed by atoms with Crippen LogP contribution in [0.2, 0.25) is 0 Å². The zero-order valence-electron chi connectivity index (χ0n) is 12.9. The van der Waals surface area contributed by atoms with Crippen LogP contribution in [0.25, 0.3) is 0 Å². The van der Waals surface area contributed by atoms with Gasteiger partial charge in [0.15, 0.2) is 5.11 Å². The average Bonchev–Trinajstić information content (AvgIpc) is 3.08. The van der Waals surface area contributed by atoms with Crippen molar-refractivity contribution in [3.63, 3.8) is 0 Å². The van der Waals surface area contributed by atoms with Gasteiger partial charge in [0, 0.05) is 10.9 Å². The van der Waals surface area contributed by atoms with Gasteiger partial charge in [-0.15, -0.1) is 11.3 Å². The van der Waals surface area contributed by atoms with Gasteiger partial charge in [0.1, 0.15) is 0 Å². The van der Waals surface area contributed by atoms with E-state index in [-0.39, 0.29) is 5.91 Å². The van der Waals surface area contributed by atoms with Gasteiger partial charge in [0.25, 0.3) is 5.91 Å². The van der Waals surface area contributed by atoms with E-state index in [0.29, 0.717) is 17.1 Å². The minimum atomic E-state index is -0.0970. The van der Waals surface area contributed by atoms with Crippen LogP contribution in [-0.4, -0.2) is 17.1 Å². The number of amides is 1. The van der Waals surface area contributed by atoms with E-state index in [2.05, 4.69) is 23.1 Å². The maximum atomic E-state index is 12.2. The molecule has 4 nitrogen and oxygen atoms in total. The topological polar surface area (TPSA) is 53.2 Å². The van der Waals surface area contributed by atoms with Crippen LogP contribution in [0.1, 0.15) is 59.1 Å². The smallest absolute Gasteiger partial charge is 0.279 e. The third-order valence-electron chi connectivity index (χ3n) is 4.69. The summed E-state index contributed by atoms with van der Waals surface area (Å²) in [6, 6.07) is 2.43. The first-order valence-corrected chi connectivity index (χ1v) is 9.34. The van der Waals surface area contributed by atoms with Crippen molar-refractivity contribution in [1.29, 1.82) is 0 Å². The average molecular weight is 338 g/mol. The Hall–Kier alpha value is -1.14. The molecule has 3 N–H and O–H groups in total. The van der Waals surface area contributed by atoms with Gasteiger partial charge in [-0.05, 0) is 61.9 Å². The molecule has 1 aromatic heterocycles. The number of hydrazine groups is 1. The molecule has 120 valence electrons. The summed E-state index contributed by atoms with van der Waals surface area (Å²) < 4.78 is 0. The van der Waals surface area contributed by atoms with Crippen LogP contribution in [0.3, 0.4) is 0 Å². The second-order valence-corrected chi connectivity index (χ2v) is 7.88. The second kappa shape index (κ2) is 6.96. The van der Waals surface area contributed by atoms with Crippen LogP contribution < -0.4 is 16.2 Å². The molecule has 6 heteroatoms. The molecule has 2 aliphatic rings. The highest BCUT2D eigenvalue weighted by molar-refractivity contribution is 7.80. The van der Waals surface area contributed by atoms with E-state index in [4.69, 9.17) is 12.2 Å². The Morgan fingerprint density at radius 2 is 2.05 bits per heavy atom. The lowest BCUT2D eigenvalue weighted by Crippen LogP contribution is -2.51. The van der Waals surface area contributed by atoms with Crippen LogP contribution >= 0.6 is 23.6 Å². The monoisotopic (exact) mass is 337 g/mol. The van der Waals surface area contributed by atoms with Gasteiger partial charge in [-0.1, -0.05) is 19.8 Å². The van der Waals surface area contributed by atoms with E-state index < -0.39 is 0 Å². The number of nitrogens with one attached hydrogen (secondary N) is 3. The Labute approximate surface area is 141 Å². The number of hydrogen-bond donors (Lipinski definition) is 3. The van der Waals surface area contributed by atoms with Crippen LogP contribution in [0, 0.1) is 5.92 Å². The van der Waals surface area contributed by atoms with Crippen molar-refractivity contribution < 1.29 is 4.79 Å². The van der Waals surface area contributed by atoms with E-state index in [0.717, 1.165) is 24.1 Å². The Morgan fingerprint density at radius 1 is 1.23 bits per heavy atom. The Morgan fingerprint density at radius 3 is 2.82 bits per heavy atom. The molecule has 0 unspecified atom stereocenters. The Balaban J connectivity index is 1.46. The summed E-state index contributed by atoms with van der Waals surface area (Å²) in [6.45, 7) is 2.26. The Kier molecular flexibility index (Phi) is 4.98. The summed E-state index contributed by atoms with van der Waals surface area (Å²) in [7, 11) is 0. The normalized spacial score (nSPS) is 23.7. The van der Waals surface area contributed by atoms with Crippen molar-refractivity contribution >= 4 is 34.6 Å². The molecule has 2 aliphatic carbocycles. The molecule has 0 bridgehead atoms. The number of thiophene rings is 1. The lowest BCUT2D eigenvalue weighted by Gasteiger charge is -2.30. The standard InChI is InChI=1S/C16H23N3OS2/c1-10-5-2-3-7-12(10)17-16(21)19-18-15(20)14-9-11-6-4-8-13(11)22-14/h9-10,12H,2-8H2,1H3,(H,18,20)(H2,17,19,21)/t10-,12+/m0/s1. The molecule has 0 aromatic carbocycles. The lowest BCUT2D eigenvalue weighted by atomic mass is 9.86. The van der Waals surface area contributed by atoms with Gasteiger partial charge in [0.2, 0.25) is 0 Å². The zero-order chi connectivity index (χ0) is 15.5. The fourth-order valence-corrected chi connectivity index (χ4v) is 4.70. The first-order valence-electron chi connectivity index (χ1n) is 8.12. The highest BCUT2D eigenvalue weighted by Gasteiger charge is 2.22. The maximum Gasteiger partial charge on any atom is 0.279 e. The number of carbonyl (C=O) groups is 1. The van der Waals surface area contributed by atoms with Gasteiger partial charge in [-0.2, -0.15) is 0 Å². The van der Waals surface area contributed by atoms with Crippen molar-refractivity contribution in [1.82, 2.24) is 16.2 Å². The minimum absolute atomic E-state index is 0.0970. The minimum Gasteiger partial charge on any atom is -0.358 e. The molecule has 1 amide bonds. The molecule has 22 heavy (non-hydrogen) atoms. The van der Waals surface area contributed by atoms with E-state index in [1.807, 2.05) is 6.07 Å². The van der Waals surface area contributed by atoms with Gasteiger partial charge < -0.3 is 5.32 Å². The number of thiocarbonyl (C=S) groups is 1. The molecule has 1 saturated carbocycles. The second-order valence-electron chi connectivity index (χ2n) is 6.33. The Bertz CT molecular complexity index is 548. The summed E-state index contributed by atoms with van der Waals surface area (Å²) in [5, 5.41) is 3.83. The molecular weight excluding hydrogens is 314 g/mol. The van der Waals surface area contributed by atoms with E-state index in [1.54, 1.807) is 11.3 Å². The summed E-state index contributed by atoms with van der Waals surface area (Å²) in [6.07, 6.45) is 8.38. The summed E-state index contributed by atoms with van der Waals surface area (Å²) in [5.74, 6) is 0.532. The molecule has 1 aromatic rings. The summed E-state index contributed by atoms with van der Waals surface area (Å²) in [5.41, 5.74) is 6.89. The third-order valence-corrected chi connectivity index (χ3v) is 6.14. The molecular formula is C16H23N3OS2. The van der Waals surface area contributed by atoms with E-state index in [1.165, 1.54) is 36.1 Å². The maximum absolute atomic E-state index is 12.2. The molecule has 0 aliphatic heterocycles. The predicted octanol–water partition coefficient (Wildman–Crippen LogP) is 2.92. The predicted molar refractivity (Wildman–Crippen MR) is 94.1 cm³/mol. The first kappa shape index (κ1) is 15.7. The largest absolute Gasteiger partial charge is 0.358 e. The third kappa shape index (κ3) is 3.60. The molecule has 0 radical (unpaired) electrons. The van der Waals surface area contributed by atoms with Gasteiger partial charge >= 0.3 is 0 Å². The van der Waals surface area contributed by atoms with Crippen molar-refractivity contribution in [2.45, 2.75) is 57.9 Å². The molecule has 1 fully saturated rings. The van der Waals surface area contributed by atoms with Crippen molar-refractivity contribution in [2.75, 3.05) is 0 Å². The van der Waals surface area contributed by atoms with E-state index in [9.17, 15) is 4.79 Å². The molecule has 1 heterocycles. The quantitative estimate of drug-likeness (QED) is 0.574. The molecule has 3 rings (SSSR count). The summed E-state index contributed by atoms with van der Waals surface area (Å²) in [4.78, 5) is 14.3. The van der Waals surface area contributed by atoms with Crippen molar-refractivity contribution in [3.05, 3.63) is 21.4 Å². The lowest BCUT2D eigenvalue weighted by molar-refractivity contribution is 0.0947. The molecule has 0 saturated heterocycles. The SMILES string of the molecule is C[C@H]1CCCC[C@H]1NC(=S)NNC(=O)c1cc2c(s1)CCC2. The fraction of sp³-hybridized carbons (Fsp3) is 0.625. The van der Waals surface area contributed by atoms with Crippen LogP contribution in [0.5, 0.6) is 0 Å². The van der Waals surface area contributed by atoms with Gasteiger partial charge in [-0.25, -0.2) is 0 Å². The van der Waals surface area contributed by atoms with Crippen LogP contribution in [-0.2, 0) is 12.8 Å². The molecule has 0 spiro atoms. The van der Waals surface area contributed by atoms with Gasteiger partial charge in [-0.3, -0.25) is 15.6 Å². The number of carbonyl (C=O) groups excluding carboxylic acids is 1. The van der Waals surface area contributed by atoms with E-state index >= 15 is 0 Å². The number of hydrogen-bond acceptors (Lipinski definition) is 3. The van der Waals surface area contributed by atoms with Gasteiger partial charge in [0.05, 0.1) is 4.88 Å².